The molecule has 2 rings (SSSR count). The second-order valence-electron chi connectivity index (χ2n) is 3.77. The average molecular weight is 298 g/mol. The third-order valence-corrected chi connectivity index (χ3v) is 4.08. The molecule has 0 aliphatic rings. The van der Waals surface area contributed by atoms with Gasteiger partial charge in [-0.25, -0.2) is 4.21 Å². The summed E-state index contributed by atoms with van der Waals surface area (Å²) in [7, 11) is -4.19. The van der Waals surface area contributed by atoms with Gasteiger partial charge in [0.2, 0.25) is 0 Å². The van der Waals surface area contributed by atoms with Crippen molar-refractivity contribution in [2.24, 2.45) is 0 Å². The van der Waals surface area contributed by atoms with Gasteiger partial charge in [0.05, 0.1) is 9.79 Å². The van der Waals surface area contributed by atoms with E-state index in [0.29, 0.717) is 4.90 Å². The van der Waals surface area contributed by atoms with Gasteiger partial charge in [-0.15, -0.1) is 0 Å². The molecule has 2 N–H and O–H groups in total. The highest BCUT2D eigenvalue weighted by Gasteiger charge is 2.09. The summed E-state index contributed by atoms with van der Waals surface area (Å²) in [6, 6.07) is 12.0. The van der Waals surface area contributed by atoms with Crippen LogP contribution in [0.5, 0.6) is 0 Å². The van der Waals surface area contributed by atoms with Crippen molar-refractivity contribution in [3.05, 3.63) is 48.5 Å². The first-order valence-corrected chi connectivity index (χ1v) is 7.71. The molecule has 0 aliphatic heterocycles. The van der Waals surface area contributed by atoms with Crippen molar-refractivity contribution in [1.29, 1.82) is 0 Å². The van der Waals surface area contributed by atoms with Crippen LogP contribution < -0.4 is 0 Å². The highest BCUT2D eigenvalue weighted by Crippen LogP contribution is 2.22. The fourth-order valence-corrected chi connectivity index (χ4v) is 2.43. The quantitative estimate of drug-likeness (QED) is 0.669. The normalized spacial score (nSPS) is 13.2. The number of hydrogen-bond donors (Lipinski definition) is 2. The summed E-state index contributed by atoms with van der Waals surface area (Å²) < 4.78 is 50.4. The van der Waals surface area contributed by atoms with Crippen molar-refractivity contribution in [1.82, 2.24) is 0 Å². The zero-order chi connectivity index (χ0) is 14.0. The van der Waals surface area contributed by atoms with E-state index in [2.05, 4.69) is 0 Å². The Bertz CT molecular complexity index is 703. The van der Waals surface area contributed by atoms with Gasteiger partial charge >= 0.3 is 0 Å². The topological polar surface area (TPSA) is 91.7 Å². The van der Waals surface area contributed by atoms with Gasteiger partial charge in [0.15, 0.2) is 11.1 Å². The molecule has 0 saturated carbocycles. The molecule has 19 heavy (non-hydrogen) atoms. The highest BCUT2D eigenvalue weighted by atomic mass is 32.2. The maximum atomic E-state index is 10.9. The van der Waals surface area contributed by atoms with Crippen molar-refractivity contribution in [3.63, 3.8) is 0 Å². The molecule has 100 valence electrons. The van der Waals surface area contributed by atoms with E-state index in [9.17, 15) is 12.6 Å². The molecule has 0 amide bonds. The molecule has 0 spiro atoms. The smallest absolute Gasteiger partial charge is 0.294 e. The van der Waals surface area contributed by atoms with E-state index < -0.39 is 21.2 Å². The Hall–Kier alpha value is -1.54. The lowest BCUT2D eigenvalue weighted by Gasteiger charge is -2.03. The molecule has 0 aliphatic carbocycles. The van der Waals surface area contributed by atoms with Crippen LogP contribution in [-0.2, 0) is 21.2 Å². The monoisotopic (exact) mass is 298 g/mol. The van der Waals surface area contributed by atoms with Crippen molar-refractivity contribution in [2.45, 2.75) is 9.79 Å². The van der Waals surface area contributed by atoms with E-state index in [1.54, 1.807) is 24.3 Å². The highest BCUT2D eigenvalue weighted by molar-refractivity contribution is 7.85. The maximum Gasteiger partial charge on any atom is 0.294 e. The predicted molar refractivity (Wildman–Crippen MR) is 70.7 cm³/mol. The van der Waals surface area contributed by atoms with E-state index in [-0.39, 0.29) is 4.90 Å². The minimum absolute atomic E-state index is 0.177. The zero-order valence-corrected chi connectivity index (χ0v) is 11.2. The fourth-order valence-electron chi connectivity index (χ4n) is 1.58. The molecule has 5 nitrogen and oxygen atoms in total. The first-order chi connectivity index (χ1) is 8.88. The molecular formula is C12H10O5S2. The van der Waals surface area contributed by atoms with Crippen LogP contribution >= 0.6 is 0 Å². The van der Waals surface area contributed by atoms with Gasteiger partial charge in [0.25, 0.3) is 10.1 Å². The molecule has 7 heteroatoms. The minimum atomic E-state index is -4.19. The summed E-state index contributed by atoms with van der Waals surface area (Å²) in [4.78, 5) is 0.114. The van der Waals surface area contributed by atoms with Crippen molar-refractivity contribution >= 4 is 21.2 Å². The lowest BCUT2D eigenvalue weighted by molar-refractivity contribution is 0.483. The Morgan fingerprint density at radius 1 is 0.842 bits per heavy atom. The summed E-state index contributed by atoms with van der Waals surface area (Å²) in [6.45, 7) is 0. The SMILES string of the molecule is O=S(O)c1ccc(-c2ccc(S(=O)(=O)O)cc2)cc1. The lowest BCUT2D eigenvalue weighted by Crippen LogP contribution is -1.97. The van der Waals surface area contributed by atoms with Crippen LogP contribution in [0.4, 0.5) is 0 Å². The Labute approximate surface area is 112 Å². The summed E-state index contributed by atoms with van der Waals surface area (Å²) in [5.41, 5.74) is 1.51. The Morgan fingerprint density at radius 2 is 1.26 bits per heavy atom. The van der Waals surface area contributed by atoms with Crippen LogP contribution in [-0.4, -0.2) is 21.7 Å². The third kappa shape index (κ3) is 3.27. The van der Waals surface area contributed by atoms with E-state index >= 15 is 0 Å². The van der Waals surface area contributed by atoms with Crippen molar-refractivity contribution in [3.8, 4) is 11.1 Å². The Kier molecular flexibility index (Phi) is 3.81. The van der Waals surface area contributed by atoms with Crippen LogP contribution in [0.3, 0.4) is 0 Å². The van der Waals surface area contributed by atoms with Crippen LogP contribution in [0.15, 0.2) is 58.3 Å². The van der Waals surface area contributed by atoms with Crippen LogP contribution in [0, 0.1) is 0 Å². The van der Waals surface area contributed by atoms with E-state index in [1.807, 2.05) is 0 Å². The van der Waals surface area contributed by atoms with Crippen LogP contribution in [0.25, 0.3) is 11.1 Å². The summed E-state index contributed by atoms with van der Waals surface area (Å²) in [6.07, 6.45) is 0. The summed E-state index contributed by atoms with van der Waals surface area (Å²) >= 11 is -2.02. The Morgan fingerprint density at radius 3 is 1.63 bits per heavy atom. The third-order valence-electron chi connectivity index (χ3n) is 2.54. The van der Waals surface area contributed by atoms with E-state index in [1.165, 1.54) is 24.3 Å². The molecule has 0 bridgehead atoms. The Balaban J connectivity index is 2.35. The molecule has 0 saturated heterocycles. The predicted octanol–water partition coefficient (Wildman–Crippen LogP) is 2.18. The molecule has 2 aromatic rings. The second-order valence-corrected chi connectivity index (χ2v) is 6.16. The maximum absolute atomic E-state index is 10.9. The number of rotatable bonds is 3. The van der Waals surface area contributed by atoms with E-state index in [0.717, 1.165) is 11.1 Å². The van der Waals surface area contributed by atoms with Gasteiger partial charge in [-0.1, -0.05) is 24.3 Å². The van der Waals surface area contributed by atoms with Gasteiger partial charge in [0.1, 0.15) is 0 Å². The summed E-state index contributed by atoms with van der Waals surface area (Å²) in [5.74, 6) is 0. The lowest BCUT2D eigenvalue weighted by atomic mass is 10.1. The van der Waals surface area contributed by atoms with Crippen molar-refractivity contribution < 1.29 is 21.7 Å². The van der Waals surface area contributed by atoms with Gasteiger partial charge in [-0.2, -0.15) is 8.42 Å². The second kappa shape index (κ2) is 5.22. The first-order valence-electron chi connectivity index (χ1n) is 5.17. The molecule has 0 fully saturated rings. The standard InChI is InChI=1S/C12H10O5S2/c13-18(14)11-5-1-9(2-6-11)10-3-7-12(8-4-10)19(15,16)17/h1-8H,(H,13,14)(H,15,16,17). The van der Waals surface area contributed by atoms with Crippen LogP contribution in [0.2, 0.25) is 0 Å². The van der Waals surface area contributed by atoms with Gasteiger partial charge < -0.3 is 4.55 Å². The molecule has 1 atom stereocenters. The average Bonchev–Trinajstić information content (AvgIpc) is 2.38. The first kappa shape index (κ1) is 13.9. The molecule has 2 aromatic carbocycles. The molecule has 1 unspecified atom stereocenters. The molecule has 0 aromatic heterocycles. The molecule has 0 heterocycles. The van der Waals surface area contributed by atoms with Crippen molar-refractivity contribution in [2.75, 3.05) is 0 Å². The zero-order valence-electron chi connectivity index (χ0n) is 9.55. The minimum Gasteiger partial charge on any atom is -0.302 e. The van der Waals surface area contributed by atoms with Crippen LogP contribution in [0.1, 0.15) is 0 Å². The molecule has 0 radical (unpaired) electrons. The fraction of sp³-hybridized carbons (Fsp3) is 0. The van der Waals surface area contributed by atoms with E-state index in [4.69, 9.17) is 9.11 Å². The largest absolute Gasteiger partial charge is 0.302 e. The van der Waals surface area contributed by atoms with Gasteiger partial charge in [-0.05, 0) is 35.4 Å². The van der Waals surface area contributed by atoms with Gasteiger partial charge in [-0.3, -0.25) is 4.55 Å². The van der Waals surface area contributed by atoms with Gasteiger partial charge in [0, 0.05) is 0 Å². The number of hydrogen-bond acceptors (Lipinski definition) is 3. The summed E-state index contributed by atoms with van der Waals surface area (Å²) in [5, 5.41) is 0. The number of benzene rings is 2. The molecular weight excluding hydrogens is 288 g/mol.